The van der Waals surface area contributed by atoms with E-state index in [0.717, 1.165) is 30.5 Å². The van der Waals surface area contributed by atoms with Crippen LogP contribution in [0.2, 0.25) is 0 Å². The quantitative estimate of drug-likeness (QED) is 0.276. The minimum absolute atomic E-state index is 0.0130. The molecule has 0 spiro atoms. The maximum atomic E-state index is 14.7. The number of nitrogens with one attached hydrogen (secondary N) is 3. The third-order valence-corrected chi connectivity index (χ3v) is 7.28. The SMILES string of the molecule is CN1CCCC1c1ccc(Nc2cc(-c3ccc(F)c(NC(=O)c4ccc(C(C)(C)C)cc4)c3)n[nH]c2=O)nc1. The highest BCUT2D eigenvalue weighted by atomic mass is 19.1. The van der Waals surface area contributed by atoms with Gasteiger partial charge in [0.2, 0.25) is 0 Å². The van der Waals surface area contributed by atoms with E-state index in [1.807, 2.05) is 30.5 Å². The lowest BCUT2D eigenvalue weighted by Gasteiger charge is -2.19. The third kappa shape index (κ3) is 5.94. The first kappa shape index (κ1) is 27.2. The first-order chi connectivity index (χ1) is 19.1. The molecule has 0 bridgehead atoms. The van der Waals surface area contributed by atoms with Gasteiger partial charge in [0.05, 0.1) is 11.4 Å². The maximum Gasteiger partial charge on any atom is 0.287 e. The molecule has 2 aromatic carbocycles. The first-order valence-electron chi connectivity index (χ1n) is 13.3. The van der Waals surface area contributed by atoms with Crippen LogP contribution in [0, 0.1) is 5.82 Å². The number of carbonyl (C=O) groups is 1. The molecule has 1 unspecified atom stereocenters. The van der Waals surface area contributed by atoms with Gasteiger partial charge in [0, 0.05) is 23.4 Å². The normalized spacial score (nSPS) is 15.7. The Hall–Kier alpha value is -4.37. The third-order valence-electron chi connectivity index (χ3n) is 7.28. The molecule has 1 atom stereocenters. The average Bonchev–Trinajstić information content (AvgIpc) is 3.37. The Morgan fingerprint density at radius 2 is 1.82 bits per heavy atom. The summed E-state index contributed by atoms with van der Waals surface area (Å²) in [6.07, 6.45) is 4.09. The number of hydrogen-bond acceptors (Lipinski definition) is 6. The van der Waals surface area contributed by atoms with E-state index < -0.39 is 17.3 Å². The zero-order chi connectivity index (χ0) is 28.4. The molecule has 1 saturated heterocycles. The van der Waals surface area contributed by atoms with Crippen molar-refractivity contribution >= 4 is 23.1 Å². The Balaban J connectivity index is 1.34. The predicted octanol–water partition coefficient (Wildman–Crippen LogP) is 6.03. The van der Waals surface area contributed by atoms with Gasteiger partial charge in [0.15, 0.2) is 0 Å². The van der Waals surface area contributed by atoms with Gasteiger partial charge in [-0.05, 0) is 85.4 Å². The molecule has 1 aliphatic heterocycles. The average molecular weight is 541 g/mol. The van der Waals surface area contributed by atoms with E-state index in [2.05, 4.69) is 58.5 Å². The van der Waals surface area contributed by atoms with Gasteiger partial charge < -0.3 is 10.6 Å². The molecule has 1 fully saturated rings. The zero-order valence-electron chi connectivity index (χ0n) is 23.1. The lowest BCUT2D eigenvalue weighted by atomic mass is 9.87. The van der Waals surface area contributed by atoms with Crippen molar-refractivity contribution in [2.75, 3.05) is 24.2 Å². The molecule has 4 aromatic rings. The molecule has 3 N–H and O–H groups in total. The zero-order valence-corrected chi connectivity index (χ0v) is 23.1. The number of anilines is 3. The van der Waals surface area contributed by atoms with Crippen molar-refractivity contribution in [1.29, 1.82) is 0 Å². The summed E-state index contributed by atoms with van der Waals surface area (Å²) >= 11 is 0. The van der Waals surface area contributed by atoms with Gasteiger partial charge in [-0.25, -0.2) is 14.5 Å². The van der Waals surface area contributed by atoms with E-state index in [1.54, 1.807) is 24.3 Å². The maximum absolute atomic E-state index is 14.7. The minimum Gasteiger partial charge on any atom is -0.336 e. The number of hydrogen-bond donors (Lipinski definition) is 3. The van der Waals surface area contributed by atoms with Crippen LogP contribution in [0.15, 0.2) is 71.7 Å². The van der Waals surface area contributed by atoms with Crippen LogP contribution in [0.1, 0.15) is 61.1 Å². The van der Waals surface area contributed by atoms with Gasteiger partial charge in [0.25, 0.3) is 11.5 Å². The summed E-state index contributed by atoms with van der Waals surface area (Å²) in [4.78, 5) is 32.2. The van der Waals surface area contributed by atoms with Crippen molar-refractivity contribution in [3.05, 3.63) is 99.7 Å². The number of rotatable bonds is 6. The van der Waals surface area contributed by atoms with E-state index in [9.17, 15) is 14.0 Å². The van der Waals surface area contributed by atoms with E-state index in [1.165, 1.54) is 12.1 Å². The topological polar surface area (TPSA) is 103 Å². The molecule has 40 heavy (non-hydrogen) atoms. The number of benzene rings is 2. The molecule has 3 heterocycles. The van der Waals surface area contributed by atoms with Gasteiger partial charge in [-0.3, -0.25) is 14.5 Å². The van der Waals surface area contributed by atoms with Gasteiger partial charge >= 0.3 is 0 Å². The van der Waals surface area contributed by atoms with Gasteiger partial charge in [-0.1, -0.05) is 39.0 Å². The van der Waals surface area contributed by atoms with Crippen molar-refractivity contribution in [3.8, 4) is 11.3 Å². The number of carbonyl (C=O) groups excluding carboxylic acids is 1. The summed E-state index contributed by atoms with van der Waals surface area (Å²) in [5, 5.41) is 12.3. The van der Waals surface area contributed by atoms with Crippen LogP contribution < -0.4 is 16.2 Å². The number of amides is 1. The summed E-state index contributed by atoms with van der Waals surface area (Å²) in [5.41, 5.74) is 3.38. The van der Waals surface area contributed by atoms with E-state index in [0.29, 0.717) is 28.7 Å². The lowest BCUT2D eigenvalue weighted by molar-refractivity contribution is 0.102. The van der Waals surface area contributed by atoms with Gasteiger partial charge in [0.1, 0.15) is 17.3 Å². The van der Waals surface area contributed by atoms with Crippen molar-refractivity contribution in [2.24, 2.45) is 0 Å². The highest BCUT2D eigenvalue weighted by Crippen LogP contribution is 2.31. The molecule has 8 nitrogen and oxygen atoms in total. The van der Waals surface area contributed by atoms with Gasteiger partial charge in [-0.2, -0.15) is 5.10 Å². The Morgan fingerprint density at radius 1 is 1.05 bits per heavy atom. The molecule has 0 saturated carbocycles. The van der Waals surface area contributed by atoms with Crippen LogP contribution in [-0.2, 0) is 5.41 Å². The second kappa shape index (κ2) is 11.0. The van der Waals surface area contributed by atoms with Crippen LogP contribution in [-0.4, -0.2) is 39.6 Å². The second-order valence-corrected chi connectivity index (χ2v) is 11.2. The Labute approximate surface area is 232 Å². The van der Waals surface area contributed by atoms with E-state index in [-0.39, 0.29) is 16.8 Å². The smallest absolute Gasteiger partial charge is 0.287 e. The Morgan fingerprint density at radius 3 is 2.48 bits per heavy atom. The van der Waals surface area contributed by atoms with Crippen LogP contribution in [0.25, 0.3) is 11.3 Å². The summed E-state index contributed by atoms with van der Waals surface area (Å²) < 4.78 is 14.7. The van der Waals surface area contributed by atoms with E-state index in [4.69, 9.17) is 0 Å². The fraction of sp³-hybridized carbons (Fsp3) is 0.290. The molecule has 1 aliphatic rings. The van der Waals surface area contributed by atoms with Crippen molar-refractivity contribution in [3.63, 3.8) is 0 Å². The molecule has 0 radical (unpaired) electrons. The highest BCUT2D eigenvalue weighted by molar-refractivity contribution is 6.04. The number of pyridine rings is 1. The van der Waals surface area contributed by atoms with Crippen LogP contribution in [0.5, 0.6) is 0 Å². The van der Waals surface area contributed by atoms with Crippen LogP contribution in [0.4, 0.5) is 21.6 Å². The van der Waals surface area contributed by atoms with Crippen molar-refractivity contribution in [1.82, 2.24) is 20.1 Å². The van der Waals surface area contributed by atoms with Crippen molar-refractivity contribution in [2.45, 2.75) is 45.1 Å². The fourth-order valence-corrected chi connectivity index (χ4v) is 4.89. The fourth-order valence-electron chi connectivity index (χ4n) is 4.89. The van der Waals surface area contributed by atoms with Crippen LogP contribution in [0.3, 0.4) is 0 Å². The lowest BCUT2D eigenvalue weighted by Crippen LogP contribution is -2.17. The molecule has 9 heteroatoms. The summed E-state index contributed by atoms with van der Waals surface area (Å²) in [7, 11) is 2.11. The van der Waals surface area contributed by atoms with Crippen LogP contribution >= 0.6 is 0 Å². The second-order valence-electron chi connectivity index (χ2n) is 11.2. The highest BCUT2D eigenvalue weighted by Gasteiger charge is 2.22. The summed E-state index contributed by atoms with van der Waals surface area (Å²) in [5.74, 6) is -0.480. The Kier molecular flexibility index (Phi) is 7.49. The van der Waals surface area contributed by atoms with Crippen molar-refractivity contribution < 1.29 is 9.18 Å². The number of aromatic amines is 1. The molecule has 5 rings (SSSR count). The Bertz CT molecular complexity index is 1580. The predicted molar refractivity (Wildman–Crippen MR) is 155 cm³/mol. The summed E-state index contributed by atoms with van der Waals surface area (Å²) in [6, 6.07) is 17.3. The molecule has 2 aromatic heterocycles. The number of halogens is 1. The monoisotopic (exact) mass is 540 g/mol. The van der Waals surface area contributed by atoms with E-state index >= 15 is 0 Å². The number of H-pyrrole nitrogens is 1. The molecule has 0 aliphatic carbocycles. The largest absolute Gasteiger partial charge is 0.336 e. The summed E-state index contributed by atoms with van der Waals surface area (Å²) in [6.45, 7) is 7.35. The molecule has 1 amide bonds. The number of aromatic nitrogens is 3. The molecule has 206 valence electrons. The minimum atomic E-state index is -0.580. The number of likely N-dealkylation sites (tertiary alicyclic amines) is 1. The van der Waals surface area contributed by atoms with Gasteiger partial charge in [-0.15, -0.1) is 0 Å². The number of nitrogens with zero attached hydrogens (tertiary/aromatic N) is 3. The standard InChI is InChI=1S/C31H33FN6O2/c1-31(2,3)22-11-7-19(8-12-22)29(39)35-25-16-20(9-13-23(25)32)24-17-26(30(40)37-36-24)34-28-14-10-21(18-33-28)27-6-5-15-38(27)4/h7-14,16-18,27H,5-6,15H2,1-4H3,(H,35,39)(H,37,40)(H,33,34,36). The molecular weight excluding hydrogens is 507 g/mol. The molecular formula is C31H33FN6O2. The first-order valence-corrected chi connectivity index (χ1v) is 13.3.